The van der Waals surface area contributed by atoms with Crippen LogP contribution in [0.3, 0.4) is 0 Å². The van der Waals surface area contributed by atoms with E-state index in [1.54, 1.807) is 12.1 Å². The Bertz CT molecular complexity index is 1220. The lowest BCUT2D eigenvalue weighted by Crippen LogP contribution is -2.55. The fourth-order valence-corrected chi connectivity index (χ4v) is 4.69. The van der Waals surface area contributed by atoms with Crippen LogP contribution in [0.2, 0.25) is 0 Å². The van der Waals surface area contributed by atoms with Crippen molar-refractivity contribution in [3.63, 3.8) is 0 Å². The third kappa shape index (κ3) is 6.95. The number of alkyl halides is 6. The monoisotopic (exact) mass is 558 g/mol. The summed E-state index contributed by atoms with van der Waals surface area (Å²) < 4.78 is 78.0. The average Bonchev–Trinajstić information content (AvgIpc) is 2.82. The van der Waals surface area contributed by atoms with Crippen molar-refractivity contribution in [2.75, 3.05) is 0 Å². The van der Waals surface area contributed by atoms with Gasteiger partial charge in [-0.3, -0.25) is 4.79 Å². The fourth-order valence-electron chi connectivity index (χ4n) is 4.69. The predicted octanol–water partition coefficient (Wildman–Crippen LogP) is 6.38. The van der Waals surface area contributed by atoms with Crippen LogP contribution in [0.5, 0.6) is 0 Å². The number of aliphatic carboxylic acids is 1. The van der Waals surface area contributed by atoms with Crippen molar-refractivity contribution in [1.29, 1.82) is 0 Å². The summed E-state index contributed by atoms with van der Waals surface area (Å²) in [7, 11) is 0. The zero-order valence-electron chi connectivity index (χ0n) is 22.1. The first-order valence-electron chi connectivity index (χ1n) is 12.4. The molecule has 0 spiro atoms. The Hall–Kier alpha value is -3.03. The molecule has 3 N–H and O–H groups in total. The molecule has 0 radical (unpaired) electrons. The van der Waals surface area contributed by atoms with Gasteiger partial charge in [-0.05, 0) is 79.3 Å². The second-order valence-electron chi connectivity index (χ2n) is 9.71. The number of aliphatic hydroxyl groups is 2. The Kier molecular flexibility index (Phi) is 9.91. The van der Waals surface area contributed by atoms with Crippen molar-refractivity contribution < 1.29 is 46.5 Å². The molecule has 39 heavy (non-hydrogen) atoms. The topological polar surface area (TPSA) is 77.8 Å². The molecule has 0 bridgehead atoms. The van der Waals surface area contributed by atoms with E-state index in [0.717, 1.165) is 28.2 Å². The zero-order chi connectivity index (χ0) is 29.8. The van der Waals surface area contributed by atoms with E-state index in [1.165, 1.54) is 13.0 Å². The SMILES string of the molecule is CCC(CC)(c1ccc(C#CC(O)(C(F)(F)F)C(F)(F)F)c(C)c1)c1ccc(CC[C@@H](O)CC(=O)O)c(C)c1. The summed E-state index contributed by atoms with van der Waals surface area (Å²) in [5.41, 5.74) is -1.71. The van der Waals surface area contributed by atoms with Crippen molar-refractivity contribution in [1.82, 2.24) is 0 Å². The lowest BCUT2D eigenvalue weighted by Gasteiger charge is -2.34. The van der Waals surface area contributed by atoms with Gasteiger partial charge in [-0.25, -0.2) is 0 Å². The lowest BCUT2D eigenvalue weighted by molar-refractivity contribution is -0.343. The highest BCUT2D eigenvalue weighted by Gasteiger charge is 2.70. The minimum absolute atomic E-state index is 0.0711. The third-order valence-electron chi connectivity index (χ3n) is 7.24. The van der Waals surface area contributed by atoms with Gasteiger partial charge in [0, 0.05) is 11.0 Å². The number of rotatable bonds is 9. The standard InChI is InChI=1S/C29H32F6O4/c1-5-26(6-2,22-10-7-20(18(3)15-22)9-12-24(36)17-25(37)38)23-11-8-21(19(4)16-23)13-14-27(39,28(30,31)32)29(33,34)35/h7-8,10-11,15-16,24,36,39H,5-6,9,12,17H2,1-4H3,(H,37,38)/t24-/m1/s1. The van der Waals surface area contributed by atoms with Gasteiger partial charge >= 0.3 is 23.9 Å². The van der Waals surface area contributed by atoms with Crippen molar-refractivity contribution in [3.05, 3.63) is 69.8 Å². The van der Waals surface area contributed by atoms with Crippen LogP contribution in [0, 0.1) is 25.7 Å². The number of carboxylic acids is 1. The van der Waals surface area contributed by atoms with Crippen molar-refractivity contribution >= 4 is 5.97 Å². The highest BCUT2D eigenvalue weighted by molar-refractivity contribution is 5.67. The molecule has 0 heterocycles. The van der Waals surface area contributed by atoms with Crippen LogP contribution in [0.4, 0.5) is 26.3 Å². The first kappa shape index (κ1) is 32.2. The summed E-state index contributed by atoms with van der Waals surface area (Å²) in [5.74, 6) is 1.80. The van der Waals surface area contributed by atoms with Crippen molar-refractivity contribution in [2.24, 2.45) is 0 Å². The number of carboxylic acid groups (broad SMARTS) is 1. The predicted molar refractivity (Wildman–Crippen MR) is 134 cm³/mol. The maximum Gasteiger partial charge on any atom is 0.438 e. The average molecular weight is 559 g/mol. The van der Waals surface area contributed by atoms with Gasteiger partial charge in [-0.15, -0.1) is 0 Å². The van der Waals surface area contributed by atoms with E-state index in [-0.39, 0.29) is 12.0 Å². The first-order chi connectivity index (χ1) is 17.9. The van der Waals surface area contributed by atoms with Gasteiger partial charge in [0.25, 0.3) is 0 Å². The van der Waals surface area contributed by atoms with E-state index in [4.69, 9.17) is 5.11 Å². The molecule has 0 saturated heterocycles. The minimum Gasteiger partial charge on any atom is -0.481 e. The molecule has 214 valence electrons. The minimum atomic E-state index is -6.02. The van der Waals surface area contributed by atoms with Crippen LogP contribution in [0.15, 0.2) is 36.4 Å². The van der Waals surface area contributed by atoms with Gasteiger partial charge in [-0.2, -0.15) is 26.3 Å². The number of halogens is 6. The Morgan fingerprint density at radius 2 is 1.41 bits per heavy atom. The molecular weight excluding hydrogens is 526 g/mol. The molecule has 0 aliphatic rings. The quantitative estimate of drug-likeness (QED) is 0.246. The molecule has 2 aromatic carbocycles. The number of hydrogen-bond acceptors (Lipinski definition) is 3. The molecular formula is C29H32F6O4. The molecule has 0 aliphatic heterocycles. The van der Waals surface area contributed by atoms with Crippen LogP contribution in [0.1, 0.15) is 72.9 Å². The molecule has 0 aliphatic carbocycles. The summed E-state index contributed by atoms with van der Waals surface area (Å²) in [6.07, 6.45) is -11.3. The number of aryl methyl sites for hydroxylation is 3. The fraction of sp³-hybridized carbons (Fsp3) is 0.483. The van der Waals surface area contributed by atoms with E-state index >= 15 is 0 Å². The molecule has 2 rings (SSSR count). The summed E-state index contributed by atoms with van der Waals surface area (Å²) >= 11 is 0. The highest BCUT2D eigenvalue weighted by Crippen LogP contribution is 2.43. The van der Waals surface area contributed by atoms with Gasteiger partial charge in [0.15, 0.2) is 0 Å². The second-order valence-corrected chi connectivity index (χ2v) is 9.71. The molecule has 0 unspecified atom stereocenters. The number of benzene rings is 2. The maximum absolute atomic E-state index is 13.0. The molecule has 2 aromatic rings. The van der Waals surface area contributed by atoms with E-state index in [2.05, 4.69) is 0 Å². The van der Waals surface area contributed by atoms with Crippen molar-refractivity contribution in [2.45, 2.75) is 89.3 Å². The Labute approximate surface area is 223 Å². The van der Waals surface area contributed by atoms with E-state index in [0.29, 0.717) is 31.2 Å². The van der Waals surface area contributed by atoms with Crippen LogP contribution in [-0.2, 0) is 16.6 Å². The molecule has 1 atom stereocenters. The van der Waals surface area contributed by atoms with Gasteiger partial charge in [0.05, 0.1) is 12.5 Å². The van der Waals surface area contributed by atoms with Crippen LogP contribution in [-0.4, -0.2) is 45.3 Å². The summed E-state index contributed by atoms with van der Waals surface area (Å²) in [4.78, 5) is 10.8. The Morgan fingerprint density at radius 3 is 1.85 bits per heavy atom. The van der Waals surface area contributed by atoms with Crippen LogP contribution in [0.25, 0.3) is 0 Å². The summed E-state index contributed by atoms with van der Waals surface area (Å²) in [6.45, 7) is 7.39. The molecule has 0 amide bonds. The van der Waals surface area contributed by atoms with E-state index < -0.39 is 35.4 Å². The molecule has 4 nitrogen and oxygen atoms in total. The Morgan fingerprint density at radius 1 is 0.897 bits per heavy atom. The van der Waals surface area contributed by atoms with Gasteiger partial charge in [0.2, 0.25) is 0 Å². The molecule has 0 aromatic heterocycles. The third-order valence-corrected chi connectivity index (χ3v) is 7.24. The molecule has 10 heteroatoms. The largest absolute Gasteiger partial charge is 0.481 e. The normalized spacial score (nSPS) is 13.5. The second kappa shape index (κ2) is 12.0. The first-order valence-corrected chi connectivity index (χ1v) is 12.4. The number of carbonyl (C=O) groups is 1. The van der Waals surface area contributed by atoms with Crippen molar-refractivity contribution in [3.8, 4) is 11.8 Å². The van der Waals surface area contributed by atoms with Crippen LogP contribution < -0.4 is 0 Å². The highest BCUT2D eigenvalue weighted by atomic mass is 19.4. The smallest absolute Gasteiger partial charge is 0.438 e. The molecule has 0 fully saturated rings. The van der Waals surface area contributed by atoms with Gasteiger partial charge in [0.1, 0.15) is 0 Å². The number of hydrogen-bond donors (Lipinski definition) is 3. The zero-order valence-corrected chi connectivity index (χ0v) is 22.1. The summed E-state index contributed by atoms with van der Waals surface area (Å²) in [5, 5.41) is 28.0. The van der Waals surface area contributed by atoms with E-state index in [1.807, 2.05) is 44.9 Å². The lowest BCUT2D eigenvalue weighted by atomic mass is 9.69. The van der Waals surface area contributed by atoms with Gasteiger partial charge < -0.3 is 15.3 Å². The Balaban J connectivity index is 2.45. The maximum atomic E-state index is 13.0. The summed E-state index contributed by atoms with van der Waals surface area (Å²) in [6, 6.07) is 10.5. The van der Waals surface area contributed by atoms with Crippen LogP contribution >= 0.6 is 0 Å². The molecule has 0 saturated carbocycles. The number of aliphatic hydroxyl groups excluding tert-OH is 1. The van der Waals surface area contributed by atoms with E-state index in [9.17, 15) is 41.4 Å². The van der Waals surface area contributed by atoms with Gasteiger partial charge in [-0.1, -0.05) is 50.1 Å².